The van der Waals surface area contributed by atoms with Crippen LogP contribution in [0.3, 0.4) is 0 Å². The van der Waals surface area contributed by atoms with E-state index in [1.165, 1.54) is 37.2 Å². The number of thioether (sulfide) groups is 1. The lowest BCUT2D eigenvalue weighted by atomic mass is 10.0. The highest BCUT2D eigenvalue weighted by Gasteiger charge is 2.25. The first-order chi connectivity index (χ1) is 8.43. The molecule has 3 heterocycles. The Balaban J connectivity index is 1.70. The molecule has 0 aromatic carbocycles. The van der Waals surface area contributed by atoms with Crippen LogP contribution in [0.15, 0.2) is 4.52 Å². The van der Waals surface area contributed by atoms with E-state index < -0.39 is 0 Å². The van der Waals surface area contributed by atoms with Crippen LogP contribution in [-0.4, -0.2) is 28.2 Å². The van der Waals surface area contributed by atoms with Crippen LogP contribution in [0.5, 0.6) is 0 Å². The Kier molecular flexibility index (Phi) is 3.66. The molecule has 5 heteroatoms. The summed E-state index contributed by atoms with van der Waals surface area (Å²) in [4.78, 5) is 4.61. The Labute approximate surface area is 106 Å². The number of rotatable bonds is 2. The lowest BCUT2D eigenvalue weighted by Gasteiger charge is -2.07. The van der Waals surface area contributed by atoms with Crippen LogP contribution < -0.4 is 5.32 Å². The van der Waals surface area contributed by atoms with E-state index in [0.29, 0.717) is 12.0 Å². The Bertz CT molecular complexity index is 354. The van der Waals surface area contributed by atoms with Gasteiger partial charge in [0.05, 0.1) is 6.04 Å². The van der Waals surface area contributed by atoms with E-state index in [1.807, 2.05) is 11.8 Å². The highest BCUT2D eigenvalue weighted by molar-refractivity contribution is 7.99. The number of hydrogen-bond donors (Lipinski definition) is 1. The van der Waals surface area contributed by atoms with Crippen molar-refractivity contribution in [2.75, 3.05) is 18.1 Å². The summed E-state index contributed by atoms with van der Waals surface area (Å²) >= 11 is 2.05. The highest BCUT2D eigenvalue weighted by atomic mass is 32.2. The molecule has 0 radical (unpaired) electrons. The molecule has 0 saturated carbocycles. The van der Waals surface area contributed by atoms with Crippen molar-refractivity contribution in [3.63, 3.8) is 0 Å². The molecule has 94 valence electrons. The highest BCUT2D eigenvalue weighted by Crippen LogP contribution is 2.30. The lowest BCUT2D eigenvalue weighted by Crippen LogP contribution is -2.13. The van der Waals surface area contributed by atoms with Gasteiger partial charge in [-0.3, -0.25) is 0 Å². The SMILES string of the molecule is C1CSCC[C@H](c2noc([C@H]3CCCN3)n2)C1. The molecule has 2 atom stereocenters. The van der Waals surface area contributed by atoms with Gasteiger partial charge in [-0.25, -0.2) is 0 Å². The standard InChI is InChI=1S/C12H19N3OS/c1-4-10(13-6-1)12-14-11(15-16-12)9-3-2-7-17-8-5-9/h9-10,13H,1-8H2/t9-,10-/m1/s1. The van der Waals surface area contributed by atoms with Gasteiger partial charge in [0.1, 0.15) is 0 Å². The van der Waals surface area contributed by atoms with Crippen LogP contribution in [0.2, 0.25) is 0 Å². The van der Waals surface area contributed by atoms with Crippen LogP contribution in [0, 0.1) is 0 Å². The molecule has 4 nitrogen and oxygen atoms in total. The molecule has 0 bridgehead atoms. The minimum atomic E-state index is 0.302. The minimum Gasteiger partial charge on any atom is -0.338 e. The quantitative estimate of drug-likeness (QED) is 0.877. The van der Waals surface area contributed by atoms with Crippen LogP contribution >= 0.6 is 11.8 Å². The predicted molar refractivity (Wildman–Crippen MR) is 68.2 cm³/mol. The van der Waals surface area contributed by atoms with Crippen molar-refractivity contribution in [3.8, 4) is 0 Å². The molecular formula is C12H19N3OS. The summed E-state index contributed by atoms with van der Waals surface area (Å²) in [7, 11) is 0. The molecule has 17 heavy (non-hydrogen) atoms. The average Bonchev–Trinajstić information content (AvgIpc) is 2.95. The summed E-state index contributed by atoms with van der Waals surface area (Å²) < 4.78 is 5.41. The maximum absolute atomic E-state index is 5.41. The van der Waals surface area contributed by atoms with E-state index in [2.05, 4.69) is 15.5 Å². The maximum atomic E-state index is 5.41. The fourth-order valence-electron chi connectivity index (χ4n) is 2.61. The van der Waals surface area contributed by atoms with Crippen molar-refractivity contribution >= 4 is 11.8 Å². The molecule has 0 amide bonds. The van der Waals surface area contributed by atoms with E-state index in [0.717, 1.165) is 24.7 Å². The smallest absolute Gasteiger partial charge is 0.243 e. The molecule has 2 aliphatic rings. The molecule has 2 saturated heterocycles. The zero-order chi connectivity index (χ0) is 11.5. The first-order valence-corrected chi connectivity index (χ1v) is 7.73. The third kappa shape index (κ3) is 2.65. The van der Waals surface area contributed by atoms with Crippen LogP contribution in [-0.2, 0) is 0 Å². The molecule has 0 aliphatic carbocycles. The van der Waals surface area contributed by atoms with Gasteiger partial charge in [-0.05, 0) is 50.2 Å². The molecule has 2 aliphatic heterocycles. The van der Waals surface area contributed by atoms with Gasteiger partial charge in [0, 0.05) is 5.92 Å². The third-order valence-electron chi connectivity index (χ3n) is 3.63. The fraction of sp³-hybridized carbons (Fsp3) is 0.833. The van der Waals surface area contributed by atoms with Gasteiger partial charge < -0.3 is 9.84 Å². The first kappa shape index (κ1) is 11.5. The first-order valence-electron chi connectivity index (χ1n) is 6.58. The summed E-state index contributed by atoms with van der Waals surface area (Å²) in [5.41, 5.74) is 0. The second-order valence-corrected chi connectivity index (χ2v) is 6.10. The molecule has 0 unspecified atom stereocenters. The Morgan fingerprint density at radius 1 is 1.18 bits per heavy atom. The molecule has 0 spiro atoms. The molecule has 3 rings (SSSR count). The molecule has 1 aromatic heterocycles. The molecule has 2 fully saturated rings. The number of hydrogen-bond acceptors (Lipinski definition) is 5. The number of aromatic nitrogens is 2. The normalized spacial score (nSPS) is 30.4. The van der Waals surface area contributed by atoms with Crippen molar-refractivity contribution in [2.24, 2.45) is 0 Å². The summed E-state index contributed by atoms with van der Waals surface area (Å²) in [5, 5.41) is 7.59. The van der Waals surface area contributed by atoms with E-state index in [-0.39, 0.29) is 0 Å². The molecule has 1 aromatic rings. The van der Waals surface area contributed by atoms with Crippen molar-refractivity contribution < 1.29 is 4.52 Å². The van der Waals surface area contributed by atoms with Gasteiger partial charge in [0.25, 0.3) is 0 Å². The molecular weight excluding hydrogens is 234 g/mol. The van der Waals surface area contributed by atoms with Crippen molar-refractivity contribution in [1.29, 1.82) is 0 Å². The number of nitrogens with one attached hydrogen (secondary N) is 1. The third-order valence-corrected chi connectivity index (χ3v) is 4.73. The number of nitrogens with zero attached hydrogens (tertiary/aromatic N) is 2. The second kappa shape index (κ2) is 5.40. The van der Waals surface area contributed by atoms with E-state index in [4.69, 9.17) is 4.52 Å². The average molecular weight is 253 g/mol. The van der Waals surface area contributed by atoms with Crippen molar-refractivity contribution in [1.82, 2.24) is 15.5 Å². The minimum absolute atomic E-state index is 0.302. The van der Waals surface area contributed by atoms with Gasteiger partial charge in [-0.1, -0.05) is 5.16 Å². The van der Waals surface area contributed by atoms with Gasteiger partial charge in [0.15, 0.2) is 5.82 Å². The summed E-state index contributed by atoms with van der Waals surface area (Å²) in [6.07, 6.45) is 6.03. The summed E-state index contributed by atoms with van der Waals surface area (Å²) in [5.74, 6) is 4.77. The monoisotopic (exact) mass is 253 g/mol. The Morgan fingerprint density at radius 3 is 3.06 bits per heavy atom. The zero-order valence-electron chi connectivity index (χ0n) is 10.0. The van der Waals surface area contributed by atoms with E-state index >= 15 is 0 Å². The topological polar surface area (TPSA) is 51.0 Å². The Morgan fingerprint density at radius 2 is 2.18 bits per heavy atom. The second-order valence-electron chi connectivity index (χ2n) is 4.88. The fourth-order valence-corrected chi connectivity index (χ4v) is 3.64. The van der Waals surface area contributed by atoms with Gasteiger partial charge in [0.2, 0.25) is 5.89 Å². The van der Waals surface area contributed by atoms with Crippen molar-refractivity contribution in [3.05, 3.63) is 11.7 Å². The van der Waals surface area contributed by atoms with Crippen LogP contribution in [0.1, 0.15) is 55.8 Å². The Hall–Kier alpha value is -0.550. The summed E-state index contributed by atoms with van der Waals surface area (Å²) in [6.45, 7) is 1.07. The van der Waals surface area contributed by atoms with Crippen molar-refractivity contribution in [2.45, 2.75) is 44.1 Å². The van der Waals surface area contributed by atoms with Gasteiger partial charge in [-0.2, -0.15) is 16.7 Å². The van der Waals surface area contributed by atoms with Gasteiger partial charge >= 0.3 is 0 Å². The van der Waals surface area contributed by atoms with Crippen LogP contribution in [0.4, 0.5) is 0 Å². The maximum Gasteiger partial charge on any atom is 0.243 e. The predicted octanol–water partition coefficient (Wildman–Crippen LogP) is 2.49. The summed E-state index contributed by atoms with van der Waals surface area (Å²) in [6, 6.07) is 0.302. The largest absolute Gasteiger partial charge is 0.338 e. The van der Waals surface area contributed by atoms with Gasteiger partial charge in [-0.15, -0.1) is 0 Å². The zero-order valence-corrected chi connectivity index (χ0v) is 10.8. The van der Waals surface area contributed by atoms with E-state index in [9.17, 15) is 0 Å². The molecule has 1 N–H and O–H groups in total. The van der Waals surface area contributed by atoms with E-state index in [1.54, 1.807) is 0 Å². The van der Waals surface area contributed by atoms with Crippen LogP contribution in [0.25, 0.3) is 0 Å². The lowest BCUT2D eigenvalue weighted by molar-refractivity contribution is 0.338.